The van der Waals surface area contributed by atoms with E-state index in [9.17, 15) is 5.11 Å². The van der Waals surface area contributed by atoms with Crippen molar-refractivity contribution in [3.63, 3.8) is 0 Å². The number of aromatic nitrogens is 2. The second kappa shape index (κ2) is 7.89. The lowest BCUT2D eigenvalue weighted by Gasteiger charge is -2.16. The quantitative estimate of drug-likeness (QED) is 0.740. The molecule has 1 rings (SSSR count). The number of halogens is 1. The van der Waals surface area contributed by atoms with Crippen LogP contribution in [0.25, 0.3) is 0 Å². The summed E-state index contributed by atoms with van der Waals surface area (Å²) in [6, 6.07) is 0. The van der Waals surface area contributed by atoms with Crippen molar-refractivity contribution in [2.75, 3.05) is 33.9 Å². The third-order valence-electron chi connectivity index (χ3n) is 2.65. The summed E-state index contributed by atoms with van der Waals surface area (Å²) in [5.74, 6) is 0. The Bertz CT molecular complexity index is 355. The molecule has 1 unspecified atom stereocenters. The third kappa shape index (κ3) is 4.68. The highest BCUT2D eigenvalue weighted by molar-refractivity contribution is 9.10. The van der Waals surface area contributed by atoms with Crippen molar-refractivity contribution in [2.45, 2.75) is 26.0 Å². The van der Waals surface area contributed by atoms with E-state index in [0.717, 1.165) is 23.3 Å². The fourth-order valence-corrected chi connectivity index (χ4v) is 2.21. The lowest BCUT2D eigenvalue weighted by molar-refractivity contribution is 0.0834. The average Bonchev–Trinajstić information content (AvgIpc) is 2.68. The molecule has 0 spiro atoms. The predicted octanol–water partition coefficient (Wildman–Crippen LogP) is 1.67. The molecule has 5 nitrogen and oxygen atoms in total. The zero-order valence-corrected chi connectivity index (χ0v) is 12.9. The topological polar surface area (TPSA) is 50.5 Å². The van der Waals surface area contributed by atoms with Crippen LogP contribution in [0.3, 0.4) is 0 Å². The van der Waals surface area contributed by atoms with Gasteiger partial charge in [-0.2, -0.15) is 5.10 Å². The van der Waals surface area contributed by atoms with Crippen LogP contribution in [0.4, 0.5) is 0 Å². The second-order valence-corrected chi connectivity index (χ2v) is 5.26. The number of likely N-dealkylation sites (N-methyl/N-ethyl adjacent to an activating group) is 1. The summed E-state index contributed by atoms with van der Waals surface area (Å²) in [7, 11) is 4.04. The molecule has 18 heavy (non-hydrogen) atoms. The van der Waals surface area contributed by atoms with Gasteiger partial charge in [-0.3, -0.25) is 4.68 Å². The average molecular weight is 320 g/mol. The van der Waals surface area contributed by atoms with Crippen LogP contribution in [-0.4, -0.2) is 53.6 Å². The van der Waals surface area contributed by atoms with Gasteiger partial charge < -0.3 is 14.7 Å². The molecule has 0 aliphatic carbocycles. The van der Waals surface area contributed by atoms with E-state index in [2.05, 4.69) is 25.9 Å². The number of ether oxygens (including phenoxy) is 1. The molecule has 1 aromatic rings. The molecule has 1 N–H and O–H groups in total. The lowest BCUT2D eigenvalue weighted by atomic mass is 10.2. The third-order valence-corrected chi connectivity index (χ3v) is 3.26. The van der Waals surface area contributed by atoms with Crippen molar-refractivity contribution >= 4 is 15.9 Å². The van der Waals surface area contributed by atoms with Crippen molar-refractivity contribution in [1.29, 1.82) is 0 Å². The van der Waals surface area contributed by atoms with Gasteiger partial charge in [-0.15, -0.1) is 0 Å². The van der Waals surface area contributed by atoms with Gasteiger partial charge in [-0.1, -0.05) is 0 Å². The molecule has 104 valence electrons. The predicted molar refractivity (Wildman–Crippen MR) is 74.6 cm³/mol. The van der Waals surface area contributed by atoms with E-state index < -0.39 is 6.10 Å². The molecular formula is C12H22BrN3O2. The Morgan fingerprint density at radius 2 is 2.28 bits per heavy atom. The Kier molecular flexibility index (Phi) is 6.85. The van der Waals surface area contributed by atoms with Gasteiger partial charge in [0.15, 0.2) is 0 Å². The summed E-state index contributed by atoms with van der Waals surface area (Å²) in [5.41, 5.74) is 0.830. The molecule has 0 aliphatic rings. The maximum Gasteiger partial charge on any atom is 0.0990 e. The minimum atomic E-state index is -0.546. The summed E-state index contributed by atoms with van der Waals surface area (Å²) in [6.45, 7) is 4.83. The fourth-order valence-electron chi connectivity index (χ4n) is 1.65. The Hall–Kier alpha value is -0.430. The van der Waals surface area contributed by atoms with Crippen LogP contribution in [0, 0.1) is 0 Å². The first-order valence-corrected chi connectivity index (χ1v) is 6.97. The van der Waals surface area contributed by atoms with Crippen LogP contribution in [0.5, 0.6) is 0 Å². The molecule has 0 bridgehead atoms. The van der Waals surface area contributed by atoms with Crippen molar-refractivity contribution < 1.29 is 9.84 Å². The Labute approximate surface area is 117 Å². The normalized spacial score (nSPS) is 13.2. The van der Waals surface area contributed by atoms with Crippen molar-refractivity contribution in [3.8, 4) is 0 Å². The van der Waals surface area contributed by atoms with Crippen molar-refractivity contribution in [1.82, 2.24) is 14.7 Å². The van der Waals surface area contributed by atoms with Crippen LogP contribution in [0.2, 0.25) is 0 Å². The maximum atomic E-state index is 10.2. The number of hydrogen-bond acceptors (Lipinski definition) is 4. The molecule has 0 saturated heterocycles. The van der Waals surface area contributed by atoms with Gasteiger partial charge in [0.25, 0.3) is 0 Å². The Balaban J connectivity index is 2.64. The lowest BCUT2D eigenvalue weighted by Crippen LogP contribution is -2.21. The molecule has 6 heteroatoms. The molecule has 0 amide bonds. The summed E-state index contributed by atoms with van der Waals surface area (Å²) < 4.78 is 7.97. The molecule has 0 aromatic carbocycles. The van der Waals surface area contributed by atoms with Gasteiger partial charge in [0, 0.05) is 26.2 Å². The van der Waals surface area contributed by atoms with Crippen LogP contribution in [0.15, 0.2) is 10.7 Å². The summed E-state index contributed by atoms with van der Waals surface area (Å²) in [4.78, 5) is 2.09. The standard InChI is InChI=1S/C12H22BrN3O2/c1-4-18-8-5-11(17)12-10(13)9-14-16(12)7-6-15(2)3/h9,11,17H,4-8H2,1-3H3. The number of hydrogen-bond donors (Lipinski definition) is 1. The molecule has 0 aliphatic heterocycles. The van der Waals surface area contributed by atoms with E-state index in [-0.39, 0.29) is 0 Å². The first kappa shape index (κ1) is 15.6. The zero-order valence-electron chi connectivity index (χ0n) is 11.3. The van der Waals surface area contributed by atoms with Gasteiger partial charge in [0.1, 0.15) is 0 Å². The summed E-state index contributed by atoms with van der Waals surface area (Å²) >= 11 is 3.44. The van der Waals surface area contributed by atoms with E-state index in [0.29, 0.717) is 19.6 Å². The summed E-state index contributed by atoms with van der Waals surface area (Å²) in [6.07, 6.45) is 1.77. The fraction of sp³-hybridized carbons (Fsp3) is 0.750. The minimum Gasteiger partial charge on any atom is -0.387 e. The van der Waals surface area contributed by atoms with E-state index in [4.69, 9.17) is 4.74 Å². The van der Waals surface area contributed by atoms with E-state index in [1.54, 1.807) is 6.20 Å². The molecule has 0 radical (unpaired) electrons. The van der Waals surface area contributed by atoms with Gasteiger partial charge in [-0.25, -0.2) is 0 Å². The van der Waals surface area contributed by atoms with Gasteiger partial charge >= 0.3 is 0 Å². The molecule has 1 heterocycles. The van der Waals surface area contributed by atoms with Gasteiger partial charge in [0.05, 0.1) is 29.0 Å². The largest absolute Gasteiger partial charge is 0.387 e. The second-order valence-electron chi connectivity index (χ2n) is 4.41. The van der Waals surface area contributed by atoms with E-state index >= 15 is 0 Å². The van der Waals surface area contributed by atoms with Crippen LogP contribution >= 0.6 is 15.9 Å². The SMILES string of the molecule is CCOCCC(O)c1c(Br)cnn1CCN(C)C. The Morgan fingerprint density at radius 3 is 2.89 bits per heavy atom. The molecule has 0 saturated carbocycles. The highest BCUT2D eigenvalue weighted by Gasteiger charge is 2.17. The summed E-state index contributed by atoms with van der Waals surface area (Å²) in [5, 5.41) is 14.5. The maximum absolute atomic E-state index is 10.2. The van der Waals surface area contributed by atoms with Gasteiger partial charge in [-0.05, 0) is 36.9 Å². The van der Waals surface area contributed by atoms with E-state index in [1.165, 1.54) is 0 Å². The van der Waals surface area contributed by atoms with E-state index in [1.807, 2.05) is 25.7 Å². The first-order chi connectivity index (χ1) is 8.56. The zero-order chi connectivity index (χ0) is 13.5. The van der Waals surface area contributed by atoms with Crippen molar-refractivity contribution in [3.05, 3.63) is 16.4 Å². The smallest absolute Gasteiger partial charge is 0.0990 e. The monoisotopic (exact) mass is 319 g/mol. The molecule has 0 fully saturated rings. The van der Waals surface area contributed by atoms with Crippen LogP contribution in [-0.2, 0) is 11.3 Å². The molecule has 1 atom stereocenters. The number of nitrogens with zero attached hydrogens (tertiary/aromatic N) is 3. The molecule has 1 aromatic heterocycles. The highest BCUT2D eigenvalue weighted by atomic mass is 79.9. The first-order valence-electron chi connectivity index (χ1n) is 6.18. The van der Waals surface area contributed by atoms with Crippen LogP contribution < -0.4 is 0 Å². The Morgan fingerprint density at radius 1 is 1.56 bits per heavy atom. The van der Waals surface area contributed by atoms with Crippen LogP contribution in [0.1, 0.15) is 25.1 Å². The van der Waals surface area contributed by atoms with Gasteiger partial charge in [0.2, 0.25) is 0 Å². The van der Waals surface area contributed by atoms with Crippen molar-refractivity contribution in [2.24, 2.45) is 0 Å². The number of aliphatic hydroxyl groups excluding tert-OH is 1. The number of rotatable bonds is 8. The minimum absolute atomic E-state index is 0.546. The molecular weight excluding hydrogens is 298 g/mol. The number of aliphatic hydroxyl groups is 1. The highest BCUT2D eigenvalue weighted by Crippen LogP contribution is 2.25.